The Balaban J connectivity index is 1.48. The van der Waals surface area contributed by atoms with E-state index in [9.17, 15) is 9.90 Å². The summed E-state index contributed by atoms with van der Waals surface area (Å²) in [5, 5.41) is 15.5. The molecule has 1 aromatic carbocycles. The topological polar surface area (TPSA) is 70.6 Å². The monoisotopic (exact) mass is 332 g/mol. The maximum atomic E-state index is 12.2. The Labute approximate surface area is 143 Å². The molecule has 1 aromatic rings. The van der Waals surface area contributed by atoms with Gasteiger partial charge in [-0.2, -0.15) is 0 Å². The van der Waals surface area contributed by atoms with E-state index < -0.39 is 0 Å². The zero-order chi connectivity index (χ0) is 16.8. The summed E-state index contributed by atoms with van der Waals surface area (Å²) in [6, 6.07) is 10.2. The molecule has 0 bridgehead atoms. The summed E-state index contributed by atoms with van der Waals surface area (Å²) < 4.78 is 5.86. The molecule has 1 saturated carbocycles. The van der Waals surface area contributed by atoms with Crippen LogP contribution in [0.2, 0.25) is 0 Å². The molecule has 5 heteroatoms. The van der Waals surface area contributed by atoms with Crippen molar-refractivity contribution in [3.8, 4) is 0 Å². The molecule has 1 heterocycles. The lowest BCUT2D eigenvalue weighted by atomic mass is 9.85. The lowest BCUT2D eigenvalue weighted by Crippen LogP contribution is -2.48. The SMILES string of the molecule is O=C(NC[C@@H]1CCO[C@@H]1c1ccccc1)N[C@@H]1CCCC[C@H]1CO. The Kier molecular flexibility index (Phi) is 6.10. The van der Waals surface area contributed by atoms with Crippen molar-refractivity contribution in [2.45, 2.75) is 44.2 Å². The molecule has 2 fully saturated rings. The van der Waals surface area contributed by atoms with Gasteiger partial charge in [0.1, 0.15) is 0 Å². The van der Waals surface area contributed by atoms with E-state index >= 15 is 0 Å². The van der Waals surface area contributed by atoms with Gasteiger partial charge in [-0.25, -0.2) is 4.79 Å². The molecule has 132 valence electrons. The Hall–Kier alpha value is -1.59. The number of aliphatic hydroxyl groups is 1. The molecular weight excluding hydrogens is 304 g/mol. The lowest BCUT2D eigenvalue weighted by Gasteiger charge is -2.31. The summed E-state index contributed by atoms with van der Waals surface area (Å²) in [5.74, 6) is 0.495. The Morgan fingerprint density at radius 3 is 2.71 bits per heavy atom. The van der Waals surface area contributed by atoms with Crippen LogP contribution < -0.4 is 10.6 Å². The van der Waals surface area contributed by atoms with Crippen LogP contribution in [-0.4, -0.2) is 36.9 Å². The molecule has 24 heavy (non-hydrogen) atoms. The number of aliphatic hydroxyl groups excluding tert-OH is 1. The highest BCUT2D eigenvalue weighted by Crippen LogP contribution is 2.33. The van der Waals surface area contributed by atoms with Gasteiger partial charge < -0.3 is 20.5 Å². The fourth-order valence-corrected chi connectivity index (χ4v) is 3.91. The van der Waals surface area contributed by atoms with Gasteiger partial charge in [0.05, 0.1) is 6.10 Å². The molecule has 5 nitrogen and oxygen atoms in total. The third-order valence-electron chi connectivity index (χ3n) is 5.33. The van der Waals surface area contributed by atoms with Gasteiger partial charge in [0.15, 0.2) is 0 Å². The van der Waals surface area contributed by atoms with Gasteiger partial charge >= 0.3 is 6.03 Å². The van der Waals surface area contributed by atoms with Gasteiger partial charge in [0, 0.05) is 37.6 Å². The first-order valence-corrected chi connectivity index (χ1v) is 9.09. The predicted octanol–water partition coefficient (Wildman–Crippen LogP) is 2.61. The number of carbonyl (C=O) groups is 1. The maximum absolute atomic E-state index is 12.2. The third-order valence-corrected chi connectivity index (χ3v) is 5.33. The van der Waals surface area contributed by atoms with Gasteiger partial charge in [-0.1, -0.05) is 43.2 Å². The van der Waals surface area contributed by atoms with Gasteiger partial charge in [0.2, 0.25) is 0 Å². The number of carbonyl (C=O) groups excluding carboxylic acids is 1. The normalized spacial score (nSPS) is 30.0. The van der Waals surface area contributed by atoms with Crippen LogP contribution in [0.25, 0.3) is 0 Å². The summed E-state index contributed by atoms with van der Waals surface area (Å²) in [6.45, 7) is 1.50. The molecular formula is C19H28N2O3. The lowest BCUT2D eigenvalue weighted by molar-refractivity contribution is 0.0908. The van der Waals surface area contributed by atoms with E-state index in [2.05, 4.69) is 22.8 Å². The fraction of sp³-hybridized carbons (Fsp3) is 0.632. The Morgan fingerprint density at radius 1 is 1.12 bits per heavy atom. The second kappa shape index (κ2) is 8.49. The minimum absolute atomic E-state index is 0.0615. The molecule has 4 atom stereocenters. The van der Waals surface area contributed by atoms with Crippen molar-refractivity contribution < 1.29 is 14.6 Å². The molecule has 3 N–H and O–H groups in total. The molecule has 3 rings (SSSR count). The number of amides is 2. The number of ether oxygens (including phenoxy) is 1. The van der Waals surface area contributed by atoms with E-state index in [1.54, 1.807) is 0 Å². The van der Waals surface area contributed by atoms with E-state index in [4.69, 9.17) is 4.74 Å². The second-order valence-corrected chi connectivity index (χ2v) is 6.94. The standard InChI is InChI=1S/C19H28N2O3/c22-13-16-8-4-5-9-17(16)21-19(23)20-12-15-10-11-24-18(15)14-6-2-1-3-7-14/h1-3,6-7,15-18,22H,4-5,8-13H2,(H2,20,21,23)/t15-,16-,17+,18+/m0/s1. The highest BCUT2D eigenvalue weighted by molar-refractivity contribution is 5.74. The molecule has 0 spiro atoms. The van der Waals surface area contributed by atoms with E-state index in [1.165, 1.54) is 5.56 Å². The van der Waals surface area contributed by atoms with Crippen LogP contribution in [0.3, 0.4) is 0 Å². The third kappa shape index (κ3) is 4.28. The fourth-order valence-electron chi connectivity index (χ4n) is 3.91. The summed E-state index contributed by atoms with van der Waals surface area (Å²) in [4.78, 5) is 12.2. The number of hydrogen-bond acceptors (Lipinski definition) is 3. The molecule has 1 saturated heterocycles. The molecule has 1 aliphatic heterocycles. The zero-order valence-corrected chi connectivity index (χ0v) is 14.1. The number of urea groups is 1. The van der Waals surface area contributed by atoms with Crippen LogP contribution >= 0.6 is 0 Å². The Morgan fingerprint density at radius 2 is 1.92 bits per heavy atom. The minimum Gasteiger partial charge on any atom is -0.396 e. The van der Waals surface area contributed by atoms with Gasteiger partial charge in [-0.05, 0) is 24.8 Å². The smallest absolute Gasteiger partial charge is 0.315 e. The van der Waals surface area contributed by atoms with Crippen LogP contribution in [0.5, 0.6) is 0 Å². The van der Waals surface area contributed by atoms with Crippen molar-refractivity contribution in [2.24, 2.45) is 11.8 Å². The van der Waals surface area contributed by atoms with Crippen molar-refractivity contribution in [2.75, 3.05) is 19.8 Å². The first kappa shape index (κ1) is 17.2. The van der Waals surface area contributed by atoms with Crippen LogP contribution in [0.1, 0.15) is 43.8 Å². The molecule has 0 aromatic heterocycles. The van der Waals surface area contributed by atoms with E-state index in [-0.39, 0.29) is 30.7 Å². The van der Waals surface area contributed by atoms with Crippen LogP contribution in [0, 0.1) is 11.8 Å². The molecule has 2 amide bonds. The maximum Gasteiger partial charge on any atom is 0.315 e. The number of rotatable bonds is 5. The van der Waals surface area contributed by atoms with Crippen LogP contribution in [0.4, 0.5) is 4.79 Å². The number of nitrogens with one attached hydrogen (secondary N) is 2. The van der Waals surface area contributed by atoms with Gasteiger partial charge in [0.25, 0.3) is 0 Å². The first-order chi connectivity index (χ1) is 11.8. The Bertz CT molecular complexity index is 523. The van der Waals surface area contributed by atoms with E-state index in [1.807, 2.05) is 18.2 Å². The van der Waals surface area contributed by atoms with E-state index in [0.717, 1.165) is 38.7 Å². The second-order valence-electron chi connectivity index (χ2n) is 6.94. The van der Waals surface area contributed by atoms with Crippen LogP contribution in [-0.2, 0) is 4.74 Å². The highest BCUT2D eigenvalue weighted by Gasteiger charge is 2.30. The first-order valence-electron chi connectivity index (χ1n) is 9.09. The highest BCUT2D eigenvalue weighted by atomic mass is 16.5. The largest absolute Gasteiger partial charge is 0.396 e. The molecule has 1 aliphatic carbocycles. The van der Waals surface area contributed by atoms with Crippen molar-refractivity contribution in [3.63, 3.8) is 0 Å². The van der Waals surface area contributed by atoms with Gasteiger partial charge in [-0.15, -0.1) is 0 Å². The van der Waals surface area contributed by atoms with Crippen molar-refractivity contribution in [3.05, 3.63) is 35.9 Å². The van der Waals surface area contributed by atoms with Gasteiger partial charge in [-0.3, -0.25) is 0 Å². The summed E-state index contributed by atoms with van der Waals surface area (Å²) in [6.07, 6.45) is 5.23. The van der Waals surface area contributed by atoms with Crippen molar-refractivity contribution in [1.82, 2.24) is 10.6 Å². The molecule has 2 aliphatic rings. The summed E-state index contributed by atoms with van der Waals surface area (Å²) >= 11 is 0. The number of hydrogen-bond donors (Lipinski definition) is 3. The summed E-state index contributed by atoms with van der Waals surface area (Å²) in [5.41, 5.74) is 1.18. The van der Waals surface area contributed by atoms with Crippen molar-refractivity contribution >= 4 is 6.03 Å². The molecule has 0 unspecified atom stereocenters. The average Bonchev–Trinajstić information content (AvgIpc) is 3.10. The zero-order valence-electron chi connectivity index (χ0n) is 14.1. The van der Waals surface area contributed by atoms with Crippen molar-refractivity contribution in [1.29, 1.82) is 0 Å². The average molecular weight is 332 g/mol. The van der Waals surface area contributed by atoms with Crippen LogP contribution in [0.15, 0.2) is 30.3 Å². The quantitative estimate of drug-likeness (QED) is 0.776. The number of benzene rings is 1. The van der Waals surface area contributed by atoms with E-state index in [0.29, 0.717) is 12.5 Å². The molecule has 0 radical (unpaired) electrons. The minimum atomic E-state index is -0.126. The summed E-state index contributed by atoms with van der Waals surface area (Å²) in [7, 11) is 0. The predicted molar refractivity (Wildman–Crippen MR) is 92.6 cm³/mol.